The first-order chi connectivity index (χ1) is 10.9. The highest BCUT2D eigenvalue weighted by atomic mass is 32.1. The molecule has 0 spiro atoms. The number of aromatic nitrogens is 2. The summed E-state index contributed by atoms with van der Waals surface area (Å²) in [5.41, 5.74) is -1.13. The summed E-state index contributed by atoms with van der Waals surface area (Å²) >= 11 is 1.15. The normalized spacial score (nSPS) is 10.7. The van der Waals surface area contributed by atoms with Crippen molar-refractivity contribution in [3.05, 3.63) is 55.4 Å². The maximum absolute atomic E-state index is 12.1. The van der Waals surface area contributed by atoms with Crippen LogP contribution in [-0.2, 0) is 0 Å². The van der Waals surface area contributed by atoms with Crippen LogP contribution < -0.4 is 10.9 Å². The molecule has 9 nitrogen and oxygen atoms in total. The largest absolute Gasteiger partial charge is 0.422 e. The molecule has 0 saturated carbocycles. The van der Waals surface area contributed by atoms with Gasteiger partial charge in [-0.1, -0.05) is 11.3 Å². The van der Waals surface area contributed by atoms with Gasteiger partial charge in [0.2, 0.25) is 5.13 Å². The second-order valence-electron chi connectivity index (χ2n) is 4.51. The summed E-state index contributed by atoms with van der Waals surface area (Å²) in [5.74, 6) is -0.719. The second-order valence-corrected chi connectivity index (χ2v) is 5.69. The van der Waals surface area contributed by atoms with Gasteiger partial charge in [0.15, 0.2) is 0 Å². The van der Waals surface area contributed by atoms with Crippen molar-refractivity contribution < 1.29 is 14.1 Å². The fraction of sp³-hybridized carbons (Fsp3) is 0.0769. The van der Waals surface area contributed by atoms with E-state index in [1.165, 1.54) is 24.3 Å². The van der Waals surface area contributed by atoms with Crippen molar-refractivity contribution >= 4 is 39.0 Å². The zero-order valence-electron chi connectivity index (χ0n) is 11.6. The lowest BCUT2D eigenvalue weighted by Crippen LogP contribution is -2.20. The number of benzene rings is 1. The van der Waals surface area contributed by atoms with Gasteiger partial charge in [-0.2, -0.15) is 0 Å². The third-order valence-electron chi connectivity index (χ3n) is 2.92. The Morgan fingerprint density at radius 3 is 2.78 bits per heavy atom. The van der Waals surface area contributed by atoms with Crippen LogP contribution in [-0.4, -0.2) is 21.0 Å². The van der Waals surface area contributed by atoms with Crippen molar-refractivity contribution in [2.24, 2.45) is 0 Å². The summed E-state index contributed by atoms with van der Waals surface area (Å²) in [4.78, 5) is 34.3. The van der Waals surface area contributed by atoms with Gasteiger partial charge >= 0.3 is 5.63 Å². The summed E-state index contributed by atoms with van der Waals surface area (Å²) in [6.45, 7) is 1.72. The SMILES string of the molecule is Cc1nnc(NC(=O)c2cc3cc([N+](=O)[O-])ccc3oc2=O)s1. The average molecular weight is 332 g/mol. The van der Waals surface area contributed by atoms with Gasteiger partial charge in [0, 0.05) is 17.5 Å². The third kappa shape index (κ3) is 2.92. The molecule has 0 bridgehead atoms. The number of carbonyl (C=O) groups is 1. The van der Waals surface area contributed by atoms with Crippen LogP contribution in [0.2, 0.25) is 0 Å². The second kappa shape index (κ2) is 5.57. The number of nitro benzene ring substituents is 1. The average Bonchev–Trinajstić information content (AvgIpc) is 2.90. The maximum atomic E-state index is 12.1. The van der Waals surface area contributed by atoms with Crippen molar-refractivity contribution in [3.8, 4) is 0 Å². The molecule has 0 aliphatic rings. The summed E-state index contributed by atoms with van der Waals surface area (Å²) in [6.07, 6.45) is 0. The number of non-ortho nitro benzene ring substituents is 1. The molecule has 0 atom stereocenters. The number of anilines is 1. The van der Waals surface area contributed by atoms with Gasteiger partial charge in [0.05, 0.1) is 4.92 Å². The highest BCUT2D eigenvalue weighted by molar-refractivity contribution is 7.15. The topological polar surface area (TPSA) is 128 Å². The zero-order valence-corrected chi connectivity index (χ0v) is 12.4. The number of hydrogen-bond donors (Lipinski definition) is 1. The molecule has 0 saturated heterocycles. The van der Waals surface area contributed by atoms with Crippen LogP contribution in [0.3, 0.4) is 0 Å². The molecule has 23 heavy (non-hydrogen) atoms. The van der Waals surface area contributed by atoms with Crippen molar-refractivity contribution in [2.75, 3.05) is 5.32 Å². The zero-order chi connectivity index (χ0) is 16.6. The van der Waals surface area contributed by atoms with Gasteiger partial charge in [-0.25, -0.2) is 4.79 Å². The minimum absolute atomic E-state index is 0.156. The molecule has 0 fully saturated rings. The van der Waals surface area contributed by atoms with Crippen molar-refractivity contribution in [1.29, 1.82) is 0 Å². The number of carbonyl (C=O) groups excluding carboxylic acids is 1. The molecule has 0 aliphatic heterocycles. The maximum Gasteiger partial charge on any atom is 0.349 e. The molecule has 0 aliphatic carbocycles. The highest BCUT2D eigenvalue weighted by Gasteiger charge is 2.17. The Balaban J connectivity index is 2.02. The highest BCUT2D eigenvalue weighted by Crippen LogP contribution is 2.21. The van der Waals surface area contributed by atoms with Gasteiger partial charge in [-0.15, -0.1) is 10.2 Å². The van der Waals surface area contributed by atoms with E-state index < -0.39 is 16.5 Å². The molecular weight excluding hydrogens is 324 g/mol. The Hall–Kier alpha value is -3.14. The Bertz CT molecular complexity index is 993. The lowest BCUT2D eigenvalue weighted by Gasteiger charge is -2.02. The standard InChI is InChI=1S/C13H8N4O5S/c1-6-15-16-13(23-6)14-11(18)9-5-7-4-8(17(20)21)2-3-10(7)22-12(9)19/h2-5H,1H3,(H,14,16,18). The van der Waals surface area contributed by atoms with Crippen LogP contribution in [0.4, 0.5) is 10.8 Å². The summed E-state index contributed by atoms with van der Waals surface area (Å²) in [6, 6.07) is 5.00. The molecule has 3 rings (SSSR count). The Morgan fingerprint density at radius 2 is 2.13 bits per heavy atom. The number of amides is 1. The van der Waals surface area contributed by atoms with Crippen LogP contribution >= 0.6 is 11.3 Å². The molecule has 10 heteroatoms. The number of hydrogen-bond acceptors (Lipinski definition) is 8. The predicted molar refractivity (Wildman–Crippen MR) is 81.7 cm³/mol. The fourth-order valence-electron chi connectivity index (χ4n) is 1.89. The smallest absolute Gasteiger partial charge is 0.349 e. The molecule has 1 amide bonds. The molecule has 1 aromatic carbocycles. The fourth-order valence-corrected chi connectivity index (χ4v) is 2.48. The van der Waals surface area contributed by atoms with E-state index >= 15 is 0 Å². The van der Waals surface area contributed by atoms with Crippen LogP contribution in [0.5, 0.6) is 0 Å². The molecular formula is C13H8N4O5S. The molecule has 1 N–H and O–H groups in total. The van der Waals surface area contributed by atoms with Crippen molar-refractivity contribution in [1.82, 2.24) is 10.2 Å². The van der Waals surface area contributed by atoms with Gasteiger partial charge in [-0.3, -0.25) is 20.2 Å². The number of nitro groups is 1. The monoisotopic (exact) mass is 332 g/mol. The van der Waals surface area contributed by atoms with E-state index in [2.05, 4.69) is 15.5 Å². The minimum atomic E-state index is -0.843. The number of fused-ring (bicyclic) bond motifs is 1. The van der Waals surface area contributed by atoms with Gasteiger partial charge in [0.25, 0.3) is 11.6 Å². The Labute approximate surface area is 131 Å². The van der Waals surface area contributed by atoms with E-state index in [9.17, 15) is 19.7 Å². The summed E-state index contributed by atoms with van der Waals surface area (Å²) < 4.78 is 5.02. The van der Waals surface area contributed by atoms with Crippen LogP contribution in [0.1, 0.15) is 15.4 Å². The first-order valence-corrected chi connectivity index (χ1v) is 7.09. The number of aryl methyl sites for hydroxylation is 1. The van der Waals surface area contributed by atoms with Gasteiger partial charge in [0.1, 0.15) is 16.2 Å². The number of nitrogens with one attached hydrogen (secondary N) is 1. The first kappa shape index (κ1) is 14.8. The Morgan fingerprint density at radius 1 is 1.35 bits per heavy atom. The summed E-state index contributed by atoms with van der Waals surface area (Å²) in [5, 5.41) is 21.9. The predicted octanol–water partition coefficient (Wildman–Crippen LogP) is 2.11. The first-order valence-electron chi connectivity index (χ1n) is 6.28. The Kier molecular flexibility index (Phi) is 3.58. The van der Waals surface area contributed by atoms with Crippen molar-refractivity contribution in [2.45, 2.75) is 6.92 Å². The molecule has 3 aromatic rings. The van der Waals surface area contributed by atoms with Crippen LogP contribution in [0.25, 0.3) is 11.0 Å². The van der Waals surface area contributed by atoms with E-state index in [0.717, 1.165) is 11.3 Å². The van der Waals surface area contributed by atoms with E-state index in [-0.39, 0.29) is 27.4 Å². The lowest BCUT2D eigenvalue weighted by atomic mass is 10.1. The lowest BCUT2D eigenvalue weighted by molar-refractivity contribution is -0.384. The van der Waals surface area contributed by atoms with Crippen LogP contribution in [0.15, 0.2) is 33.5 Å². The van der Waals surface area contributed by atoms with E-state index in [4.69, 9.17) is 4.42 Å². The summed E-state index contributed by atoms with van der Waals surface area (Å²) in [7, 11) is 0. The van der Waals surface area contributed by atoms with Crippen molar-refractivity contribution in [3.63, 3.8) is 0 Å². The quantitative estimate of drug-likeness (QED) is 0.442. The molecule has 116 valence electrons. The van der Waals surface area contributed by atoms with E-state index in [1.54, 1.807) is 6.92 Å². The van der Waals surface area contributed by atoms with E-state index in [0.29, 0.717) is 5.01 Å². The van der Waals surface area contributed by atoms with E-state index in [1.807, 2.05) is 0 Å². The number of rotatable bonds is 3. The molecule has 0 unspecified atom stereocenters. The minimum Gasteiger partial charge on any atom is -0.422 e. The van der Waals surface area contributed by atoms with Gasteiger partial charge < -0.3 is 4.42 Å². The van der Waals surface area contributed by atoms with Crippen LogP contribution in [0, 0.1) is 17.0 Å². The molecule has 0 radical (unpaired) electrons. The third-order valence-corrected chi connectivity index (χ3v) is 3.67. The number of nitrogens with zero attached hydrogens (tertiary/aromatic N) is 3. The molecule has 2 aromatic heterocycles. The molecule has 2 heterocycles. The van der Waals surface area contributed by atoms with Gasteiger partial charge in [-0.05, 0) is 19.1 Å².